The van der Waals surface area contributed by atoms with Gasteiger partial charge in [-0.25, -0.2) is 0 Å². The van der Waals surface area contributed by atoms with E-state index in [-0.39, 0.29) is 51.0 Å². The summed E-state index contributed by atoms with van der Waals surface area (Å²) in [7, 11) is 0. The summed E-state index contributed by atoms with van der Waals surface area (Å²) in [5, 5.41) is 13.1. The average Bonchev–Trinajstić information content (AvgIpc) is 3.81. The van der Waals surface area contributed by atoms with Crippen LogP contribution in [0.25, 0.3) is 87.2 Å². The Morgan fingerprint density at radius 3 is 1.38 bits per heavy atom. The van der Waals surface area contributed by atoms with Crippen LogP contribution < -0.4 is 24.8 Å². The molecule has 266 valence electrons. The molecule has 0 amide bonds. The number of hydrogen-bond donors (Lipinski definition) is 0. The Morgan fingerprint density at radius 1 is 0.382 bits per heavy atom. The zero-order valence-electron chi connectivity index (χ0n) is 31.2. The van der Waals surface area contributed by atoms with Gasteiger partial charge in [0.1, 0.15) is 0 Å². The first kappa shape index (κ1) is 39.9. The normalized spacial score (nSPS) is 10.9. The van der Waals surface area contributed by atoms with Gasteiger partial charge in [0.15, 0.2) is 0 Å². The summed E-state index contributed by atoms with van der Waals surface area (Å²) in [5.41, 5.74) is 10.5. The van der Waals surface area contributed by atoms with Crippen molar-refractivity contribution >= 4 is 53.9 Å². The monoisotopic (exact) mass is 824 g/mol. The van der Waals surface area contributed by atoms with Gasteiger partial charge >= 0.3 is 26.2 Å². The van der Waals surface area contributed by atoms with E-state index in [0.29, 0.717) is 5.92 Å². The van der Waals surface area contributed by atoms with Gasteiger partial charge in [-0.2, -0.15) is 12.1 Å². The molecule has 0 fully saturated rings. The first-order valence-electron chi connectivity index (χ1n) is 18.4. The van der Waals surface area contributed by atoms with Crippen LogP contribution in [0.3, 0.4) is 0 Å². The van der Waals surface area contributed by atoms with Gasteiger partial charge in [0.2, 0.25) is 0 Å². The van der Waals surface area contributed by atoms with Crippen LogP contribution in [0, 0.1) is 6.92 Å². The maximum Gasteiger partial charge on any atom is 4.00 e. The number of hydrogen-bond acceptors (Lipinski definition) is 0. The van der Waals surface area contributed by atoms with Crippen molar-refractivity contribution in [2.75, 3.05) is 0 Å². The number of rotatable bonds is 4. The average molecular weight is 827 g/mol. The van der Waals surface area contributed by atoms with Gasteiger partial charge in [-0.1, -0.05) is 177 Å². The van der Waals surface area contributed by atoms with Crippen molar-refractivity contribution in [3.8, 4) is 33.4 Å². The van der Waals surface area contributed by atoms with Crippen LogP contribution >= 0.6 is 0 Å². The van der Waals surface area contributed by atoms with Gasteiger partial charge in [-0.05, 0) is 54.9 Å². The van der Waals surface area contributed by atoms with Crippen molar-refractivity contribution in [2.45, 2.75) is 26.7 Å². The third kappa shape index (κ3) is 7.59. The zero-order valence-corrected chi connectivity index (χ0v) is 35.1. The minimum atomic E-state index is 0. The second kappa shape index (κ2) is 16.9. The first-order valence-corrected chi connectivity index (χ1v) is 18.4. The van der Waals surface area contributed by atoms with Gasteiger partial charge in [0, 0.05) is 0 Å². The van der Waals surface area contributed by atoms with Crippen LogP contribution in [0.5, 0.6) is 0 Å². The van der Waals surface area contributed by atoms with Crippen LogP contribution in [0.4, 0.5) is 0 Å². The summed E-state index contributed by atoms with van der Waals surface area (Å²) >= 11 is 0. The topological polar surface area (TPSA) is 0 Å². The van der Waals surface area contributed by atoms with Gasteiger partial charge in [0.25, 0.3) is 0 Å². The van der Waals surface area contributed by atoms with E-state index in [1.807, 2.05) is 0 Å². The minimum absolute atomic E-state index is 0. The molecule has 0 aliphatic heterocycles. The van der Waals surface area contributed by atoms with Crippen LogP contribution in [-0.2, 0) is 26.2 Å². The van der Waals surface area contributed by atoms with Crippen molar-refractivity contribution in [2.24, 2.45) is 0 Å². The SMILES string of the molecule is CC(C)c1cc2c(-c3cccc4ccccc34)cccc2[cH-]1.Cc1cc2c(-c3cccc4ccccc34)cc(-c3cccc4ccccc34)cc2[cH-]1.[Cl-].[Cl-].[Zr+4]. The Balaban J connectivity index is 0.000000185. The molecule has 0 N–H and O–H groups in total. The van der Waals surface area contributed by atoms with Crippen molar-refractivity contribution in [1.29, 1.82) is 0 Å². The number of aryl methyl sites for hydroxylation is 1. The number of benzene rings is 8. The molecule has 10 aromatic rings. The van der Waals surface area contributed by atoms with E-state index in [9.17, 15) is 0 Å². The van der Waals surface area contributed by atoms with Crippen LogP contribution in [-0.4, -0.2) is 0 Å². The second-order valence-corrected chi connectivity index (χ2v) is 14.4. The molecule has 0 unspecified atom stereocenters. The molecule has 0 saturated carbocycles. The third-order valence-corrected chi connectivity index (χ3v) is 10.7. The van der Waals surface area contributed by atoms with Crippen LogP contribution in [0.15, 0.2) is 182 Å². The summed E-state index contributed by atoms with van der Waals surface area (Å²) in [6.45, 7) is 6.70. The Hall–Kier alpha value is -4.78. The summed E-state index contributed by atoms with van der Waals surface area (Å²) in [6, 6.07) is 66.4. The van der Waals surface area contributed by atoms with E-state index in [2.05, 4.69) is 203 Å². The third-order valence-electron chi connectivity index (χ3n) is 10.7. The van der Waals surface area contributed by atoms with Crippen LogP contribution in [0.2, 0.25) is 0 Å². The first-order chi connectivity index (χ1) is 25.5. The molecule has 0 aromatic heterocycles. The zero-order chi connectivity index (χ0) is 35.2. The fraction of sp³-hybridized carbons (Fsp3) is 0.0769. The van der Waals surface area contributed by atoms with Crippen LogP contribution in [0.1, 0.15) is 30.9 Å². The quantitative estimate of drug-likeness (QED) is 0.156. The smallest absolute Gasteiger partial charge is 1.00 e. The van der Waals surface area contributed by atoms with E-state index in [1.165, 1.54) is 98.4 Å². The molecular formula is C52H40Cl2Zr. The maximum atomic E-state index is 2.38. The maximum absolute atomic E-state index is 2.38. The molecule has 0 bridgehead atoms. The second-order valence-electron chi connectivity index (χ2n) is 14.4. The Bertz CT molecular complexity index is 2890. The van der Waals surface area contributed by atoms with Crippen molar-refractivity contribution in [3.63, 3.8) is 0 Å². The van der Waals surface area contributed by atoms with Crippen molar-refractivity contribution in [3.05, 3.63) is 193 Å². The molecular weight excluding hydrogens is 787 g/mol. The van der Waals surface area contributed by atoms with Crippen molar-refractivity contribution in [1.82, 2.24) is 0 Å². The van der Waals surface area contributed by atoms with E-state index < -0.39 is 0 Å². The fourth-order valence-electron chi connectivity index (χ4n) is 8.07. The fourth-order valence-corrected chi connectivity index (χ4v) is 8.07. The van der Waals surface area contributed by atoms with E-state index in [4.69, 9.17) is 0 Å². The molecule has 55 heavy (non-hydrogen) atoms. The number of fused-ring (bicyclic) bond motifs is 5. The molecule has 0 radical (unpaired) electrons. The molecule has 0 saturated heterocycles. The van der Waals surface area contributed by atoms with Gasteiger partial charge in [-0.3, -0.25) is 0 Å². The largest absolute Gasteiger partial charge is 4.00 e. The predicted molar refractivity (Wildman–Crippen MR) is 227 cm³/mol. The Morgan fingerprint density at radius 2 is 0.818 bits per heavy atom. The van der Waals surface area contributed by atoms with Gasteiger partial charge in [0.05, 0.1) is 0 Å². The molecule has 0 spiro atoms. The molecule has 0 nitrogen and oxygen atoms in total. The molecule has 10 aromatic carbocycles. The summed E-state index contributed by atoms with van der Waals surface area (Å²) in [5.74, 6) is 0.563. The molecule has 0 aliphatic rings. The Labute approximate surface area is 355 Å². The van der Waals surface area contributed by atoms with E-state index in [0.717, 1.165) is 0 Å². The van der Waals surface area contributed by atoms with Crippen molar-refractivity contribution < 1.29 is 51.0 Å². The minimum Gasteiger partial charge on any atom is -1.00 e. The number of halogens is 2. The molecule has 3 heteroatoms. The van der Waals surface area contributed by atoms with E-state index >= 15 is 0 Å². The summed E-state index contributed by atoms with van der Waals surface area (Å²) in [4.78, 5) is 0. The molecule has 0 heterocycles. The predicted octanol–water partition coefficient (Wildman–Crippen LogP) is 9.02. The summed E-state index contributed by atoms with van der Waals surface area (Å²) in [6.07, 6.45) is 0. The molecule has 0 aliphatic carbocycles. The summed E-state index contributed by atoms with van der Waals surface area (Å²) < 4.78 is 0. The van der Waals surface area contributed by atoms with Gasteiger partial charge in [-0.15, -0.1) is 63.0 Å². The molecule has 10 rings (SSSR count). The van der Waals surface area contributed by atoms with Gasteiger partial charge < -0.3 is 24.8 Å². The molecule has 0 atom stereocenters. The Kier molecular flexibility index (Phi) is 12.3. The van der Waals surface area contributed by atoms with E-state index in [1.54, 1.807) is 0 Å². The standard InChI is InChI=1S/C30H21.C22H19.2ClH.Zr/c1-20-16-23-18-24(27-14-6-10-21-8-2-4-12-25(21)27)19-30(29(23)17-20)28-15-7-11-22-9-3-5-13-26(22)28;1-15(2)18-13-17-9-6-12-21(22(17)14-18)20-11-5-8-16-7-3-4-10-19(16)20;;;/h2-19H,1H3;3-15H,1-2H3;2*1H;/q2*-1;;;+4/p-2.